The Morgan fingerprint density at radius 2 is 2.33 bits per heavy atom. The number of halogens is 1. The molecular formula is C15H18ClN3O2. The van der Waals surface area contributed by atoms with E-state index in [-0.39, 0.29) is 5.91 Å². The summed E-state index contributed by atoms with van der Waals surface area (Å²) < 4.78 is 7.48. The molecule has 1 heterocycles. The molecule has 0 saturated heterocycles. The minimum atomic E-state index is -0.579. The van der Waals surface area contributed by atoms with E-state index in [4.69, 9.17) is 16.3 Å². The molecule has 0 saturated carbocycles. The molecule has 112 valence electrons. The molecule has 5 nitrogen and oxygen atoms in total. The van der Waals surface area contributed by atoms with Gasteiger partial charge in [0.25, 0.3) is 5.91 Å². The molecule has 2 rings (SSSR count). The Labute approximate surface area is 128 Å². The van der Waals surface area contributed by atoms with Crippen LogP contribution in [0.1, 0.15) is 12.7 Å². The Morgan fingerprint density at radius 1 is 1.52 bits per heavy atom. The Morgan fingerprint density at radius 3 is 3.00 bits per heavy atom. The summed E-state index contributed by atoms with van der Waals surface area (Å²) in [6, 6.07) is 6.98. The molecule has 6 heteroatoms. The molecule has 0 bridgehead atoms. The summed E-state index contributed by atoms with van der Waals surface area (Å²) in [5, 5.41) is 3.41. The van der Waals surface area contributed by atoms with Gasteiger partial charge in [-0.2, -0.15) is 0 Å². The zero-order valence-electron chi connectivity index (χ0n) is 12.0. The van der Waals surface area contributed by atoms with Gasteiger partial charge in [-0.1, -0.05) is 17.7 Å². The quantitative estimate of drug-likeness (QED) is 0.890. The average Bonchev–Trinajstić information content (AvgIpc) is 2.84. The molecular weight excluding hydrogens is 290 g/mol. The number of benzene rings is 1. The SMILES string of the molecule is C[C@@H](Oc1cccc(Cl)c1)C(=O)NCCc1nccn1C. The van der Waals surface area contributed by atoms with Gasteiger partial charge in [-0.3, -0.25) is 4.79 Å². The third kappa shape index (κ3) is 4.49. The Kier molecular flexibility index (Phi) is 5.22. The van der Waals surface area contributed by atoms with E-state index in [0.717, 1.165) is 5.82 Å². The average molecular weight is 308 g/mol. The molecule has 0 aliphatic carbocycles. The van der Waals surface area contributed by atoms with E-state index in [1.807, 2.05) is 17.8 Å². The van der Waals surface area contributed by atoms with Crippen LogP contribution in [0.2, 0.25) is 5.02 Å². The van der Waals surface area contributed by atoms with Gasteiger partial charge in [0.05, 0.1) is 0 Å². The fraction of sp³-hybridized carbons (Fsp3) is 0.333. The van der Waals surface area contributed by atoms with Crippen molar-refractivity contribution in [1.29, 1.82) is 0 Å². The van der Waals surface area contributed by atoms with Crippen LogP contribution in [0.5, 0.6) is 5.75 Å². The van der Waals surface area contributed by atoms with Gasteiger partial charge in [0.1, 0.15) is 11.6 Å². The first-order valence-corrected chi connectivity index (χ1v) is 7.10. The minimum absolute atomic E-state index is 0.163. The first-order chi connectivity index (χ1) is 10.1. The van der Waals surface area contributed by atoms with Crippen LogP contribution in [-0.2, 0) is 18.3 Å². The van der Waals surface area contributed by atoms with Gasteiger partial charge in [0.2, 0.25) is 0 Å². The highest BCUT2D eigenvalue weighted by Gasteiger charge is 2.14. The maximum atomic E-state index is 11.9. The van der Waals surface area contributed by atoms with Gasteiger partial charge < -0.3 is 14.6 Å². The number of ether oxygens (including phenoxy) is 1. The van der Waals surface area contributed by atoms with Crippen LogP contribution in [0.3, 0.4) is 0 Å². The number of amides is 1. The summed E-state index contributed by atoms with van der Waals surface area (Å²) in [6.45, 7) is 2.23. The molecule has 0 aliphatic heterocycles. The van der Waals surface area contributed by atoms with Crippen molar-refractivity contribution in [2.24, 2.45) is 7.05 Å². The summed E-state index contributed by atoms with van der Waals surface area (Å²) >= 11 is 5.87. The summed E-state index contributed by atoms with van der Waals surface area (Å²) in [5.41, 5.74) is 0. The van der Waals surface area contributed by atoms with Crippen molar-refractivity contribution in [2.45, 2.75) is 19.4 Å². The number of nitrogens with one attached hydrogen (secondary N) is 1. The fourth-order valence-corrected chi connectivity index (χ4v) is 2.06. The van der Waals surface area contributed by atoms with Crippen LogP contribution in [0.15, 0.2) is 36.7 Å². The van der Waals surface area contributed by atoms with E-state index >= 15 is 0 Å². The van der Waals surface area contributed by atoms with Crippen LogP contribution in [0, 0.1) is 0 Å². The number of hydrogen-bond acceptors (Lipinski definition) is 3. The topological polar surface area (TPSA) is 56.1 Å². The van der Waals surface area contributed by atoms with E-state index in [0.29, 0.717) is 23.7 Å². The summed E-state index contributed by atoms with van der Waals surface area (Å²) in [5.74, 6) is 1.34. The normalized spacial score (nSPS) is 12.0. The third-order valence-corrected chi connectivity index (χ3v) is 3.28. The van der Waals surface area contributed by atoms with Crippen molar-refractivity contribution in [3.8, 4) is 5.75 Å². The second-order valence-corrected chi connectivity index (χ2v) is 5.15. The molecule has 1 atom stereocenters. The Balaban J connectivity index is 1.79. The maximum absolute atomic E-state index is 11.9. The number of hydrogen-bond donors (Lipinski definition) is 1. The van der Waals surface area contributed by atoms with Gasteiger partial charge in [-0.25, -0.2) is 4.98 Å². The van der Waals surface area contributed by atoms with Gasteiger partial charge >= 0.3 is 0 Å². The summed E-state index contributed by atoms with van der Waals surface area (Å²) in [7, 11) is 1.93. The highest BCUT2D eigenvalue weighted by molar-refractivity contribution is 6.30. The molecule has 21 heavy (non-hydrogen) atoms. The second-order valence-electron chi connectivity index (χ2n) is 4.71. The zero-order chi connectivity index (χ0) is 15.2. The van der Waals surface area contributed by atoms with Crippen LogP contribution in [0.4, 0.5) is 0 Å². The lowest BCUT2D eigenvalue weighted by Gasteiger charge is -2.14. The van der Waals surface area contributed by atoms with Crippen LogP contribution in [-0.4, -0.2) is 28.1 Å². The van der Waals surface area contributed by atoms with Gasteiger partial charge in [0, 0.05) is 37.4 Å². The molecule has 1 amide bonds. The lowest BCUT2D eigenvalue weighted by molar-refractivity contribution is -0.127. The molecule has 1 aromatic heterocycles. The lowest BCUT2D eigenvalue weighted by Crippen LogP contribution is -2.37. The summed E-state index contributed by atoms with van der Waals surface area (Å²) in [4.78, 5) is 16.2. The number of rotatable bonds is 6. The van der Waals surface area contributed by atoms with E-state index in [1.165, 1.54) is 0 Å². The molecule has 0 fully saturated rings. The number of aromatic nitrogens is 2. The zero-order valence-corrected chi connectivity index (χ0v) is 12.8. The van der Waals surface area contributed by atoms with Crippen molar-refractivity contribution in [3.63, 3.8) is 0 Å². The monoisotopic (exact) mass is 307 g/mol. The number of aryl methyl sites for hydroxylation is 1. The molecule has 1 aromatic carbocycles. The van der Waals surface area contributed by atoms with Crippen molar-refractivity contribution >= 4 is 17.5 Å². The molecule has 0 spiro atoms. The predicted octanol–water partition coefficient (Wildman–Crippen LogP) is 2.20. The van der Waals surface area contributed by atoms with Crippen LogP contribution >= 0.6 is 11.6 Å². The molecule has 0 radical (unpaired) electrons. The molecule has 2 aromatic rings. The standard InChI is InChI=1S/C15H18ClN3O2/c1-11(21-13-5-3-4-12(16)10-13)15(20)18-7-6-14-17-8-9-19(14)2/h3-5,8-11H,6-7H2,1-2H3,(H,18,20)/t11-/m1/s1. The van der Waals surface area contributed by atoms with Gasteiger partial charge in [0.15, 0.2) is 6.10 Å². The van der Waals surface area contributed by atoms with Crippen molar-refractivity contribution in [2.75, 3.05) is 6.54 Å². The number of imidazole rings is 1. The van der Waals surface area contributed by atoms with Crippen LogP contribution < -0.4 is 10.1 Å². The maximum Gasteiger partial charge on any atom is 0.260 e. The summed E-state index contributed by atoms with van der Waals surface area (Å²) in [6.07, 6.45) is 3.72. The molecule has 0 aliphatic rings. The first kappa shape index (κ1) is 15.4. The number of nitrogens with zero attached hydrogens (tertiary/aromatic N) is 2. The third-order valence-electron chi connectivity index (χ3n) is 3.05. The smallest absolute Gasteiger partial charge is 0.260 e. The van der Waals surface area contributed by atoms with E-state index in [2.05, 4.69) is 10.3 Å². The van der Waals surface area contributed by atoms with Crippen molar-refractivity contribution in [1.82, 2.24) is 14.9 Å². The fourth-order valence-electron chi connectivity index (χ4n) is 1.88. The van der Waals surface area contributed by atoms with Crippen LogP contribution in [0.25, 0.3) is 0 Å². The molecule has 0 unspecified atom stereocenters. The largest absolute Gasteiger partial charge is 0.481 e. The first-order valence-electron chi connectivity index (χ1n) is 6.72. The molecule has 1 N–H and O–H groups in total. The van der Waals surface area contributed by atoms with Gasteiger partial charge in [-0.15, -0.1) is 0 Å². The Bertz CT molecular complexity index is 612. The van der Waals surface area contributed by atoms with Crippen molar-refractivity contribution < 1.29 is 9.53 Å². The van der Waals surface area contributed by atoms with E-state index in [1.54, 1.807) is 37.4 Å². The highest BCUT2D eigenvalue weighted by Crippen LogP contribution is 2.18. The highest BCUT2D eigenvalue weighted by atomic mass is 35.5. The van der Waals surface area contributed by atoms with E-state index in [9.17, 15) is 4.79 Å². The van der Waals surface area contributed by atoms with E-state index < -0.39 is 6.10 Å². The second kappa shape index (κ2) is 7.13. The minimum Gasteiger partial charge on any atom is -0.481 e. The lowest BCUT2D eigenvalue weighted by atomic mass is 10.3. The number of carbonyl (C=O) groups is 1. The number of carbonyl (C=O) groups excluding carboxylic acids is 1. The van der Waals surface area contributed by atoms with Gasteiger partial charge in [-0.05, 0) is 25.1 Å². The van der Waals surface area contributed by atoms with Crippen molar-refractivity contribution in [3.05, 3.63) is 47.5 Å². The predicted molar refractivity (Wildman–Crippen MR) is 81.5 cm³/mol. The Hall–Kier alpha value is -2.01.